The first kappa shape index (κ1) is 25.1. The molecule has 4 saturated carbocycles. The summed E-state index contributed by atoms with van der Waals surface area (Å²) in [7, 11) is 0. The number of hydrogen-bond donors (Lipinski definition) is 1. The summed E-state index contributed by atoms with van der Waals surface area (Å²) in [6.07, 6.45) is 12.5. The maximum atomic E-state index is 14.0. The molecule has 5 heteroatoms. The van der Waals surface area contributed by atoms with Gasteiger partial charge in [-0.25, -0.2) is 0 Å². The summed E-state index contributed by atoms with van der Waals surface area (Å²) in [5.74, 6) is 3.02. The molecule has 4 aliphatic rings. The number of ether oxygens (including phenoxy) is 1. The number of carbonyl (C=O) groups is 2. The predicted octanol–water partition coefficient (Wildman–Crippen LogP) is 6.94. The van der Waals surface area contributed by atoms with Crippen molar-refractivity contribution < 1.29 is 19.4 Å². The van der Waals surface area contributed by atoms with Crippen LogP contribution in [0, 0.1) is 46.3 Å². The third kappa shape index (κ3) is 4.19. The van der Waals surface area contributed by atoms with Crippen molar-refractivity contribution >= 4 is 23.5 Å². The van der Waals surface area contributed by atoms with Crippen LogP contribution < -0.4 is 0 Å². The molecule has 33 heavy (non-hydrogen) atoms. The third-order valence-electron chi connectivity index (χ3n) is 10.6. The first-order valence-electron chi connectivity index (χ1n) is 13.2. The van der Waals surface area contributed by atoms with E-state index in [1.807, 2.05) is 6.26 Å². The minimum Gasteiger partial charge on any atom is -0.512 e. The molecule has 0 aromatic carbocycles. The molecule has 1 N–H and O–H groups in total. The number of hydrogen-bond acceptors (Lipinski definition) is 5. The van der Waals surface area contributed by atoms with E-state index in [2.05, 4.69) is 20.8 Å². The summed E-state index contributed by atoms with van der Waals surface area (Å²) >= 11 is 1.53. The van der Waals surface area contributed by atoms with Gasteiger partial charge in [-0.3, -0.25) is 9.59 Å². The van der Waals surface area contributed by atoms with Crippen LogP contribution in [0.5, 0.6) is 0 Å². The number of rotatable bonds is 6. The van der Waals surface area contributed by atoms with Crippen LogP contribution in [0.2, 0.25) is 0 Å². The maximum Gasteiger partial charge on any atom is 0.306 e. The molecule has 0 radical (unpaired) electrons. The van der Waals surface area contributed by atoms with Crippen LogP contribution >= 0.6 is 11.8 Å². The summed E-state index contributed by atoms with van der Waals surface area (Å²) in [6.45, 7) is 8.91. The van der Waals surface area contributed by atoms with Gasteiger partial charge < -0.3 is 9.84 Å². The molecule has 2 unspecified atom stereocenters. The van der Waals surface area contributed by atoms with Crippen LogP contribution in [-0.2, 0) is 14.3 Å². The summed E-state index contributed by atoms with van der Waals surface area (Å²) in [6, 6.07) is 0. The molecule has 4 rings (SSSR count). The van der Waals surface area contributed by atoms with Gasteiger partial charge in [0.15, 0.2) is 5.78 Å². The van der Waals surface area contributed by atoms with E-state index in [0.29, 0.717) is 36.0 Å². The molecule has 0 bridgehead atoms. The van der Waals surface area contributed by atoms with Gasteiger partial charge in [0.05, 0.1) is 5.76 Å². The second-order valence-electron chi connectivity index (χ2n) is 12.1. The van der Waals surface area contributed by atoms with Crippen LogP contribution in [0.3, 0.4) is 0 Å². The Labute approximate surface area is 204 Å². The smallest absolute Gasteiger partial charge is 0.306 e. The van der Waals surface area contributed by atoms with Gasteiger partial charge in [0.2, 0.25) is 0 Å². The number of aliphatic hydroxyl groups is 1. The fraction of sp³-hybridized carbons (Fsp3) is 0.857. The molecule has 0 aromatic heterocycles. The van der Waals surface area contributed by atoms with Crippen molar-refractivity contribution in [3.05, 3.63) is 11.3 Å². The number of ketones is 1. The van der Waals surface area contributed by atoms with Gasteiger partial charge in [-0.2, -0.15) is 0 Å². The van der Waals surface area contributed by atoms with E-state index in [0.717, 1.165) is 37.7 Å². The normalized spacial score (nSPS) is 42.7. The molecule has 0 aliphatic heterocycles. The van der Waals surface area contributed by atoms with E-state index in [4.69, 9.17) is 4.74 Å². The molecule has 4 aliphatic carbocycles. The lowest BCUT2D eigenvalue weighted by molar-refractivity contribution is -0.147. The molecular weight excluding hydrogens is 432 g/mol. The highest BCUT2D eigenvalue weighted by Crippen LogP contribution is 2.68. The van der Waals surface area contributed by atoms with E-state index in [1.165, 1.54) is 37.4 Å². The zero-order valence-corrected chi connectivity index (χ0v) is 22.1. The second-order valence-corrected chi connectivity index (χ2v) is 12.9. The van der Waals surface area contributed by atoms with Crippen LogP contribution in [0.25, 0.3) is 0 Å². The fourth-order valence-electron chi connectivity index (χ4n) is 9.02. The van der Waals surface area contributed by atoms with E-state index < -0.39 is 0 Å². The Balaban J connectivity index is 1.56. The van der Waals surface area contributed by atoms with Crippen molar-refractivity contribution in [2.45, 2.75) is 91.9 Å². The zero-order chi connectivity index (χ0) is 24.0. The van der Waals surface area contributed by atoms with Gasteiger partial charge in [-0.05, 0) is 98.5 Å². The fourth-order valence-corrected chi connectivity index (χ4v) is 9.27. The molecule has 8 atom stereocenters. The number of carbonyl (C=O) groups excluding carboxylic acids is 2. The summed E-state index contributed by atoms with van der Waals surface area (Å²) in [5.41, 5.74) is 1.06. The Morgan fingerprint density at radius 3 is 2.55 bits per heavy atom. The molecule has 4 nitrogen and oxygen atoms in total. The molecule has 0 saturated heterocycles. The average Bonchev–Trinajstić information content (AvgIpc) is 3.13. The van der Waals surface area contributed by atoms with E-state index in [9.17, 15) is 14.7 Å². The quantitative estimate of drug-likeness (QED) is 0.195. The summed E-state index contributed by atoms with van der Waals surface area (Å²) in [5, 5.41) is 10.6. The number of fused-ring (bicyclic) bond motifs is 5. The average molecular weight is 477 g/mol. The Morgan fingerprint density at radius 2 is 1.85 bits per heavy atom. The van der Waals surface area contributed by atoms with Crippen LogP contribution in [0.4, 0.5) is 0 Å². The minimum absolute atomic E-state index is 0.0592. The monoisotopic (exact) mass is 476 g/mol. The van der Waals surface area contributed by atoms with E-state index in [1.54, 1.807) is 6.92 Å². The molecule has 4 fully saturated rings. The molecule has 0 heterocycles. The van der Waals surface area contributed by atoms with Gasteiger partial charge in [0.25, 0.3) is 0 Å². The van der Waals surface area contributed by atoms with Crippen molar-refractivity contribution in [2.75, 3.05) is 12.2 Å². The first-order chi connectivity index (χ1) is 15.6. The number of Topliss-reactive ketones (excluding diaryl/α,β-unsaturated/α-hetero) is 1. The Hall–Kier alpha value is -0.970. The maximum absolute atomic E-state index is 14.0. The predicted molar refractivity (Wildman–Crippen MR) is 134 cm³/mol. The standard InChI is InChI=1S/C28H44O4S/c1-17(9-12-23(30)32-16-33-5)19-10-11-21-25-22(13-15-28(19,21)4)27(3)14-7-6-8-20(27)24(18(2)29)26(25)31/h17,19-22,25,29H,6-16H2,1-5H3/t17?,19-,20?,21+,22+,25+,27+,28-/m1/s1. The molecular formula is C28H44O4S. The number of aliphatic hydroxyl groups excluding tert-OH is 1. The first-order valence-corrected chi connectivity index (χ1v) is 14.6. The summed E-state index contributed by atoms with van der Waals surface area (Å²) < 4.78 is 5.27. The van der Waals surface area contributed by atoms with Crippen molar-refractivity contribution in [3.8, 4) is 0 Å². The van der Waals surface area contributed by atoms with Gasteiger partial charge in [-0.1, -0.05) is 33.6 Å². The largest absolute Gasteiger partial charge is 0.512 e. The van der Waals surface area contributed by atoms with Crippen molar-refractivity contribution in [2.24, 2.45) is 46.3 Å². The minimum atomic E-state index is -0.0912. The van der Waals surface area contributed by atoms with Crippen LogP contribution in [0.15, 0.2) is 11.3 Å². The van der Waals surface area contributed by atoms with Gasteiger partial charge in [0, 0.05) is 17.9 Å². The highest BCUT2D eigenvalue weighted by atomic mass is 32.2. The lowest BCUT2D eigenvalue weighted by Gasteiger charge is -2.60. The number of thioether (sulfide) groups is 1. The molecule has 186 valence electrons. The summed E-state index contributed by atoms with van der Waals surface area (Å²) in [4.78, 5) is 26.1. The lowest BCUT2D eigenvalue weighted by Crippen LogP contribution is -2.57. The number of esters is 1. The van der Waals surface area contributed by atoms with Crippen molar-refractivity contribution in [1.29, 1.82) is 0 Å². The second kappa shape index (κ2) is 9.59. The number of allylic oxidation sites excluding steroid dienone is 2. The van der Waals surface area contributed by atoms with Crippen LogP contribution in [-0.4, -0.2) is 29.1 Å². The van der Waals surface area contributed by atoms with Crippen LogP contribution in [0.1, 0.15) is 91.9 Å². The Bertz CT molecular complexity index is 802. The highest BCUT2D eigenvalue weighted by molar-refractivity contribution is 7.98. The SMILES string of the molecule is CSCOC(=O)CCC(C)[C@H]1CC[C@H]2[C@@H]3C(=O)C(=C(C)O)C4CCCC[C@]4(C)[C@H]3CC[C@]12C. The van der Waals surface area contributed by atoms with E-state index in [-0.39, 0.29) is 40.2 Å². The molecule has 0 spiro atoms. The third-order valence-corrected chi connectivity index (χ3v) is 10.9. The lowest BCUT2D eigenvalue weighted by atomic mass is 9.43. The Morgan fingerprint density at radius 1 is 1.12 bits per heavy atom. The van der Waals surface area contributed by atoms with Gasteiger partial charge in [-0.15, -0.1) is 11.8 Å². The topological polar surface area (TPSA) is 63.6 Å². The zero-order valence-electron chi connectivity index (χ0n) is 21.3. The van der Waals surface area contributed by atoms with Gasteiger partial charge >= 0.3 is 5.97 Å². The highest BCUT2D eigenvalue weighted by Gasteiger charge is 2.64. The van der Waals surface area contributed by atoms with Crippen molar-refractivity contribution in [1.82, 2.24) is 0 Å². The molecule has 0 aromatic rings. The van der Waals surface area contributed by atoms with E-state index >= 15 is 0 Å². The van der Waals surface area contributed by atoms with Gasteiger partial charge in [0.1, 0.15) is 5.94 Å². The Kier molecular flexibility index (Phi) is 7.30. The van der Waals surface area contributed by atoms with Crippen molar-refractivity contribution in [3.63, 3.8) is 0 Å². The molecule has 0 amide bonds.